The van der Waals surface area contributed by atoms with Gasteiger partial charge in [0.15, 0.2) is 17.5 Å². The smallest absolute Gasteiger partial charge is 0.226 e. The summed E-state index contributed by atoms with van der Waals surface area (Å²) in [5.41, 5.74) is 0.722. The number of nitrogens with zero attached hydrogens (tertiary/aromatic N) is 1. The fraction of sp³-hybridized carbons (Fsp3) is 0.125. The van der Waals surface area contributed by atoms with Crippen LogP contribution in [0.2, 0.25) is 0 Å². The Balaban J connectivity index is 1.88. The van der Waals surface area contributed by atoms with Crippen LogP contribution in [0.5, 0.6) is 0 Å². The first-order valence-corrected chi connectivity index (χ1v) is 6.68. The van der Waals surface area contributed by atoms with E-state index in [9.17, 15) is 18.0 Å². The van der Waals surface area contributed by atoms with Gasteiger partial charge in [-0.2, -0.15) is 5.26 Å². The number of halogens is 3. The van der Waals surface area contributed by atoms with Crippen molar-refractivity contribution in [1.82, 2.24) is 0 Å². The predicted octanol–water partition coefficient (Wildman–Crippen LogP) is 3.42. The van der Waals surface area contributed by atoms with Crippen LogP contribution in [0.3, 0.4) is 0 Å². The van der Waals surface area contributed by atoms with Gasteiger partial charge in [-0.25, -0.2) is 13.2 Å². The maximum absolute atomic E-state index is 13.4. The molecule has 0 heterocycles. The lowest BCUT2D eigenvalue weighted by Gasteiger charge is -2.09. The van der Waals surface area contributed by atoms with Gasteiger partial charge < -0.3 is 10.6 Å². The molecule has 0 bridgehead atoms. The Morgan fingerprint density at radius 1 is 1.13 bits per heavy atom. The van der Waals surface area contributed by atoms with Gasteiger partial charge in [-0.15, -0.1) is 0 Å². The molecule has 0 aliphatic carbocycles. The Labute approximate surface area is 130 Å². The van der Waals surface area contributed by atoms with Crippen molar-refractivity contribution in [2.75, 3.05) is 17.2 Å². The lowest BCUT2D eigenvalue weighted by Crippen LogP contribution is -2.17. The zero-order valence-electron chi connectivity index (χ0n) is 11.9. The highest BCUT2D eigenvalue weighted by atomic mass is 19.2. The fourth-order valence-corrected chi connectivity index (χ4v) is 1.85. The summed E-state index contributed by atoms with van der Waals surface area (Å²) < 4.78 is 39.3. The minimum Gasteiger partial charge on any atom is -0.384 e. The summed E-state index contributed by atoms with van der Waals surface area (Å²) in [5.74, 6) is -4.94. The van der Waals surface area contributed by atoms with Gasteiger partial charge in [-0.05, 0) is 30.3 Å². The normalized spacial score (nSPS) is 10.0. The number of rotatable bonds is 5. The van der Waals surface area contributed by atoms with E-state index in [0.717, 1.165) is 12.1 Å². The van der Waals surface area contributed by atoms with E-state index in [2.05, 4.69) is 10.6 Å². The third-order valence-corrected chi connectivity index (χ3v) is 2.98. The molecule has 0 saturated heterocycles. The molecule has 1 amide bonds. The molecule has 0 radical (unpaired) electrons. The molecule has 0 aliphatic rings. The van der Waals surface area contributed by atoms with Crippen LogP contribution in [0.1, 0.15) is 12.0 Å². The lowest BCUT2D eigenvalue weighted by molar-refractivity contribution is -0.116. The molecule has 0 spiro atoms. The highest BCUT2D eigenvalue weighted by Gasteiger charge is 2.14. The molecule has 0 aliphatic heterocycles. The van der Waals surface area contributed by atoms with Crippen LogP contribution in [0, 0.1) is 28.8 Å². The predicted molar refractivity (Wildman–Crippen MR) is 79.2 cm³/mol. The van der Waals surface area contributed by atoms with Crippen LogP contribution in [-0.2, 0) is 4.79 Å². The monoisotopic (exact) mass is 319 g/mol. The maximum Gasteiger partial charge on any atom is 0.226 e. The highest BCUT2D eigenvalue weighted by Crippen LogP contribution is 2.19. The Morgan fingerprint density at radius 3 is 2.65 bits per heavy atom. The molecule has 0 fully saturated rings. The second-order valence-corrected chi connectivity index (χ2v) is 4.64. The van der Waals surface area contributed by atoms with Gasteiger partial charge in [0.2, 0.25) is 5.91 Å². The van der Waals surface area contributed by atoms with E-state index in [4.69, 9.17) is 5.26 Å². The van der Waals surface area contributed by atoms with E-state index in [0.29, 0.717) is 11.3 Å². The molecular formula is C16H12F3N3O. The van der Waals surface area contributed by atoms with E-state index in [1.807, 2.05) is 6.07 Å². The van der Waals surface area contributed by atoms with Gasteiger partial charge >= 0.3 is 0 Å². The molecule has 118 valence electrons. The van der Waals surface area contributed by atoms with E-state index in [-0.39, 0.29) is 13.0 Å². The number of nitrogens with one attached hydrogen (secondary N) is 2. The molecule has 2 rings (SSSR count). The number of carbonyl (C=O) groups is 1. The van der Waals surface area contributed by atoms with E-state index < -0.39 is 29.0 Å². The van der Waals surface area contributed by atoms with Crippen LogP contribution < -0.4 is 10.6 Å². The highest BCUT2D eigenvalue weighted by molar-refractivity contribution is 5.91. The fourth-order valence-electron chi connectivity index (χ4n) is 1.85. The van der Waals surface area contributed by atoms with Crippen molar-refractivity contribution in [3.05, 3.63) is 59.4 Å². The van der Waals surface area contributed by atoms with E-state index in [1.54, 1.807) is 24.3 Å². The molecular weight excluding hydrogens is 307 g/mol. The Kier molecular flexibility index (Phi) is 5.20. The van der Waals surface area contributed by atoms with Crippen LogP contribution in [0.15, 0.2) is 36.4 Å². The van der Waals surface area contributed by atoms with Crippen molar-refractivity contribution in [2.45, 2.75) is 6.42 Å². The first-order valence-electron chi connectivity index (χ1n) is 6.68. The minimum absolute atomic E-state index is 0.0186. The second kappa shape index (κ2) is 7.31. The van der Waals surface area contributed by atoms with Crippen LogP contribution >= 0.6 is 0 Å². The SMILES string of the molecule is N#Cc1cccc(NCCC(=O)Nc2ccc(F)c(F)c2F)c1. The average molecular weight is 319 g/mol. The topological polar surface area (TPSA) is 64.9 Å². The molecule has 4 nitrogen and oxygen atoms in total. The number of hydrogen-bond acceptors (Lipinski definition) is 3. The third kappa shape index (κ3) is 4.23. The quantitative estimate of drug-likeness (QED) is 0.830. The number of carbonyl (C=O) groups excluding carboxylic acids is 1. The average Bonchev–Trinajstić information content (AvgIpc) is 2.55. The summed E-state index contributed by atoms with van der Waals surface area (Å²) in [6.45, 7) is 0.228. The number of benzene rings is 2. The van der Waals surface area contributed by atoms with Crippen LogP contribution in [0.25, 0.3) is 0 Å². The summed E-state index contributed by atoms with van der Waals surface area (Å²) in [6.07, 6.45) is -0.0186. The molecule has 2 aromatic carbocycles. The molecule has 2 N–H and O–H groups in total. The number of amides is 1. The zero-order valence-corrected chi connectivity index (χ0v) is 11.9. The number of hydrogen-bond donors (Lipinski definition) is 2. The molecule has 2 aromatic rings. The number of nitriles is 1. The van der Waals surface area contributed by atoms with Gasteiger partial charge in [0, 0.05) is 18.7 Å². The zero-order chi connectivity index (χ0) is 16.8. The Bertz CT molecular complexity index is 772. The maximum atomic E-state index is 13.4. The Morgan fingerprint density at radius 2 is 1.91 bits per heavy atom. The van der Waals surface area contributed by atoms with Crippen molar-refractivity contribution in [3.8, 4) is 6.07 Å². The molecule has 0 aromatic heterocycles. The lowest BCUT2D eigenvalue weighted by atomic mass is 10.2. The molecule has 0 atom stereocenters. The van der Waals surface area contributed by atoms with Crippen molar-refractivity contribution >= 4 is 17.3 Å². The largest absolute Gasteiger partial charge is 0.384 e. The van der Waals surface area contributed by atoms with E-state index in [1.165, 1.54) is 0 Å². The van der Waals surface area contributed by atoms with Crippen LogP contribution in [-0.4, -0.2) is 12.5 Å². The molecule has 0 unspecified atom stereocenters. The minimum atomic E-state index is -1.63. The summed E-state index contributed by atoms with van der Waals surface area (Å²) in [7, 11) is 0. The summed E-state index contributed by atoms with van der Waals surface area (Å²) in [5, 5.41) is 13.9. The first-order chi connectivity index (χ1) is 11.0. The van der Waals surface area contributed by atoms with Crippen LogP contribution in [0.4, 0.5) is 24.5 Å². The standard InChI is InChI=1S/C16H12F3N3O/c17-12-4-5-13(16(19)15(12)18)22-14(23)6-7-21-11-3-1-2-10(8-11)9-20/h1-5,8,21H,6-7H2,(H,22,23). The number of anilines is 2. The van der Waals surface area contributed by atoms with Gasteiger partial charge in [0.1, 0.15) is 0 Å². The summed E-state index contributed by atoms with van der Waals surface area (Å²) >= 11 is 0. The molecule has 0 saturated carbocycles. The summed E-state index contributed by atoms with van der Waals surface area (Å²) in [6, 6.07) is 10.4. The van der Waals surface area contributed by atoms with E-state index >= 15 is 0 Å². The van der Waals surface area contributed by atoms with Gasteiger partial charge in [-0.1, -0.05) is 6.07 Å². The van der Waals surface area contributed by atoms with Crippen molar-refractivity contribution in [3.63, 3.8) is 0 Å². The van der Waals surface area contributed by atoms with Crippen molar-refractivity contribution in [1.29, 1.82) is 5.26 Å². The second-order valence-electron chi connectivity index (χ2n) is 4.64. The Hall–Kier alpha value is -3.01. The van der Waals surface area contributed by atoms with Gasteiger partial charge in [0.25, 0.3) is 0 Å². The third-order valence-electron chi connectivity index (χ3n) is 2.98. The molecule has 7 heteroatoms. The first kappa shape index (κ1) is 16.4. The van der Waals surface area contributed by atoms with Gasteiger partial charge in [-0.3, -0.25) is 4.79 Å². The van der Waals surface area contributed by atoms with Gasteiger partial charge in [0.05, 0.1) is 17.3 Å². The summed E-state index contributed by atoms with van der Waals surface area (Å²) in [4.78, 5) is 11.7. The molecule has 23 heavy (non-hydrogen) atoms. The van der Waals surface area contributed by atoms with Crippen molar-refractivity contribution < 1.29 is 18.0 Å². The van der Waals surface area contributed by atoms with Crippen molar-refractivity contribution in [2.24, 2.45) is 0 Å².